The smallest absolute Gasteiger partial charge is 0.323 e. The first-order chi connectivity index (χ1) is 12.2. The maximum atomic E-state index is 11.8. The van der Waals surface area contributed by atoms with Crippen LogP contribution >= 0.6 is 0 Å². The molecule has 1 aromatic carbocycles. The molecule has 1 heterocycles. The van der Waals surface area contributed by atoms with Crippen molar-refractivity contribution in [2.24, 2.45) is 5.73 Å². The number of morpholine rings is 1. The molecule has 140 valence electrons. The molecule has 0 saturated carbocycles. The Kier molecular flexibility index (Phi) is 7.97. The molecule has 1 aliphatic heterocycles. The summed E-state index contributed by atoms with van der Waals surface area (Å²) in [5.74, 6) is 0.859. The minimum Gasteiger partial charge on any atom is -0.493 e. The third-order valence-corrected chi connectivity index (χ3v) is 4.07. The summed E-state index contributed by atoms with van der Waals surface area (Å²) in [4.78, 5) is 14.1. The number of esters is 1. The van der Waals surface area contributed by atoms with Gasteiger partial charge in [0.1, 0.15) is 12.6 Å². The molecule has 7 nitrogen and oxygen atoms in total. The lowest BCUT2D eigenvalue weighted by Gasteiger charge is -2.26. The van der Waals surface area contributed by atoms with E-state index in [-0.39, 0.29) is 0 Å². The van der Waals surface area contributed by atoms with Crippen LogP contribution in [0, 0.1) is 0 Å². The van der Waals surface area contributed by atoms with E-state index in [4.69, 9.17) is 24.7 Å². The van der Waals surface area contributed by atoms with Crippen molar-refractivity contribution in [3.8, 4) is 11.5 Å². The summed E-state index contributed by atoms with van der Waals surface area (Å²) in [6.07, 6.45) is 0.336. The normalized spacial score (nSPS) is 16.3. The molecule has 0 aliphatic carbocycles. The molecule has 0 radical (unpaired) electrons. The fourth-order valence-corrected chi connectivity index (χ4v) is 2.72. The number of nitrogens with zero attached hydrogens (tertiary/aromatic N) is 1. The SMILES string of the molecule is CCOC(=O)C(N)Cc1cccc(OC)c1OCCN1CCOCC1. The van der Waals surface area contributed by atoms with Gasteiger partial charge in [-0.05, 0) is 13.0 Å². The van der Waals surface area contributed by atoms with Crippen LogP contribution in [0.2, 0.25) is 0 Å². The largest absolute Gasteiger partial charge is 0.493 e. The fourth-order valence-electron chi connectivity index (χ4n) is 2.72. The quantitative estimate of drug-likeness (QED) is 0.659. The highest BCUT2D eigenvalue weighted by Crippen LogP contribution is 2.32. The topological polar surface area (TPSA) is 83.2 Å². The molecule has 1 saturated heterocycles. The molecule has 1 unspecified atom stereocenters. The lowest BCUT2D eigenvalue weighted by atomic mass is 10.0. The van der Waals surface area contributed by atoms with E-state index < -0.39 is 12.0 Å². The van der Waals surface area contributed by atoms with Gasteiger partial charge in [0.05, 0.1) is 26.9 Å². The van der Waals surface area contributed by atoms with Gasteiger partial charge in [-0.2, -0.15) is 0 Å². The number of benzene rings is 1. The van der Waals surface area contributed by atoms with Crippen LogP contribution in [0.3, 0.4) is 0 Å². The minimum absolute atomic E-state index is 0.313. The standard InChI is InChI=1S/C18H28N2O5/c1-3-24-18(21)15(19)13-14-5-4-6-16(22-2)17(14)25-12-9-20-7-10-23-11-8-20/h4-6,15H,3,7-13,19H2,1-2H3. The van der Waals surface area contributed by atoms with E-state index in [9.17, 15) is 4.79 Å². The van der Waals surface area contributed by atoms with Crippen LogP contribution in [0.15, 0.2) is 18.2 Å². The van der Waals surface area contributed by atoms with Crippen molar-refractivity contribution < 1.29 is 23.7 Å². The van der Waals surface area contributed by atoms with Gasteiger partial charge >= 0.3 is 5.97 Å². The van der Waals surface area contributed by atoms with Crippen molar-refractivity contribution >= 4 is 5.97 Å². The molecule has 1 fully saturated rings. The number of hydrogen-bond donors (Lipinski definition) is 1. The zero-order chi connectivity index (χ0) is 18.1. The first kappa shape index (κ1) is 19.5. The summed E-state index contributed by atoms with van der Waals surface area (Å²) in [5, 5.41) is 0. The molecule has 0 bridgehead atoms. The highest BCUT2D eigenvalue weighted by molar-refractivity contribution is 5.76. The number of nitrogens with two attached hydrogens (primary N) is 1. The molecule has 2 rings (SSSR count). The average Bonchev–Trinajstić information content (AvgIpc) is 2.63. The molecule has 7 heteroatoms. The lowest BCUT2D eigenvalue weighted by molar-refractivity contribution is -0.144. The summed E-state index contributed by atoms with van der Waals surface area (Å²) in [5.41, 5.74) is 6.78. The molecule has 0 aromatic heterocycles. The Bertz CT molecular complexity index is 546. The Balaban J connectivity index is 2.00. The van der Waals surface area contributed by atoms with Crippen LogP contribution < -0.4 is 15.2 Å². The third-order valence-electron chi connectivity index (χ3n) is 4.07. The van der Waals surface area contributed by atoms with E-state index in [1.807, 2.05) is 18.2 Å². The van der Waals surface area contributed by atoms with E-state index in [2.05, 4.69) is 4.90 Å². The fraction of sp³-hybridized carbons (Fsp3) is 0.611. The van der Waals surface area contributed by atoms with Crippen LogP contribution in [0.4, 0.5) is 0 Å². The minimum atomic E-state index is -0.728. The number of carbonyl (C=O) groups is 1. The predicted octanol–water partition coefficient (Wildman–Crippen LogP) is 0.839. The van der Waals surface area contributed by atoms with Crippen molar-refractivity contribution in [2.45, 2.75) is 19.4 Å². The first-order valence-electron chi connectivity index (χ1n) is 8.66. The van der Waals surface area contributed by atoms with Gasteiger partial charge in [-0.1, -0.05) is 12.1 Å². The monoisotopic (exact) mass is 352 g/mol. The molecule has 1 aliphatic rings. The maximum Gasteiger partial charge on any atom is 0.323 e. The zero-order valence-electron chi connectivity index (χ0n) is 15.0. The number of rotatable bonds is 9. The lowest BCUT2D eigenvalue weighted by Crippen LogP contribution is -2.38. The highest BCUT2D eigenvalue weighted by atomic mass is 16.5. The van der Waals surface area contributed by atoms with E-state index in [1.165, 1.54) is 0 Å². The Morgan fingerprint density at radius 2 is 2.12 bits per heavy atom. The Morgan fingerprint density at radius 3 is 2.80 bits per heavy atom. The number of ether oxygens (including phenoxy) is 4. The first-order valence-corrected chi connectivity index (χ1v) is 8.66. The molecular formula is C18H28N2O5. The number of hydrogen-bond acceptors (Lipinski definition) is 7. The molecule has 2 N–H and O–H groups in total. The van der Waals surface area contributed by atoms with Gasteiger partial charge in [-0.3, -0.25) is 9.69 Å². The molecule has 1 atom stereocenters. The Morgan fingerprint density at radius 1 is 1.36 bits per heavy atom. The van der Waals surface area contributed by atoms with Crippen molar-refractivity contribution in [1.82, 2.24) is 4.90 Å². The van der Waals surface area contributed by atoms with Crippen LogP contribution in [-0.4, -0.2) is 70.1 Å². The van der Waals surface area contributed by atoms with E-state index in [0.717, 1.165) is 38.4 Å². The highest BCUT2D eigenvalue weighted by Gasteiger charge is 2.20. The average molecular weight is 352 g/mol. The summed E-state index contributed by atoms with van der Waals surface area (Å²) in [6.45, 7) is 6.75. The number of methoxy groups -OCH3 is 1. The molecule has 1 aromatic rings. The molecule has 0 spiro atoms. The maximum absolute atomic E-state index is 11.8. The number of para-hydroxylation sites is 1. The molecular weight excluding hydrogens is 324 g/mol. The number of carbonyl (C=O) groups excluding carboxylic acids is 1. The van der Waals surface area contributed by atoms with Gasteiger partial charge in [0.2, 0.25) is 0 Å². The summed E-state index contributed by atoms with van der Waals surface area (Å²) < 4.78 is 21.7. The van der Waals surface area contributed by atoms with Crippen LogP contribution in [-0.2, 0) is 20.7 Å². The van der Waals surface area contributed by atoms with Gasteiger partial charge in [-0.15, -0.1) is 0 Å². The second kappa shape index (κ2) is 10.2. The van der Waals surface area contributed by atoms with Crippen molar-refractivity contribution in [3.05, 3.63) is 23.8 Å². The molecule has 0 amide bonds. The second-order valence-corrected chi connectivity index (χ2v) is 5.81. The molecule has 25 heavy (non-hydrogen) atoms. The van der Waals surface area contributed by atoms with Gasteiger partial charge in [0, 0.05) is 31.6 Å². The van der Waals surface area contributed by atoms with Crippen molar-refractivity contribution in [2.75, 3.05) is 53.2 Å². The second-order valence-electron chi connectivity index (χ2n) is 5.81. The van der Waals surface area contributed by atoms with Gasteiger partial charge in [0.25, 0.3) is 0 Å². The van der Waals surface area contributed by atoms with Gasteiger partial charge in [0.15, 0.2) is 11.5 Å². The van der Waals surface area contributed by atoms with Gasteiger partial charge in [-0.25, -0.2) is 0 Å². The van der Waals surface area contributed by atoms with Crippen LogP contribution in [0.5, 0.6) is 11.5 Å². The van der Waals surface area contributed by atoms with E-state index in [0.29, 0.717) is 31.1 Å². The zero-order valence-corrected chi connectivity index (χ0v) is 15.0. The van der Waals surface area contributed by atoms with Gasteiger partial charge < -0.3 is 24.7 Å². The predicted molar refractivity (Wildman–Crippen MR) is 94.1 cm³/mol. The Hall–Kier alpha value is -1.83. The Labute approximate surface area is 149 Å². The van der Waals surface area contributed by atoms with E-state index in [1.54, 1.807) is 14.0 Å². The van der Waals surface area contributed by atoms with Crippen LogP contribution in [0.1, 0.15) is 12.5 Å². The third kappa shape index (κ3) is 5.88. The summed E-state index contributed by atoms with van der Waals surface area (Å²) in [6, 6.07) is 4.87. The summed E-state index contributed by atoms with van der Waals surface area (Å²) >= 11 is 0. The van der Waals surface area contributed by atoms with Crippen molar-refractivity contribution in [1.29, 1.82) is 0 Å². The van der Waals surface area contributed by atoms with Crippen molar-refractivity contribution in [3.63, 3.8) is 0 Å². The summed E-state index contributed by atoms with van der Waals surface area (Å²) in [7, 11) is 1.60. The van der Waals surface area contributed by atoms with Crippen LogP contribution in [0.25, 0.3) is 0 Å². The van der Waals surface area contributed by atoms with E-state index >= 15 is 0 Å².